The predicted molar refractivity (Wildman–Crippen MR) is 97.8 cm³/mol. The van der Waals surface area contributed by atoms with Crippen LogP contribution in [-0.2, 0) is 27.2 Å². The summed E-state index contributed by atoms with van der Waals surface area (Å²) >= 11 is 1.35. The van der Waals surface area contributed by atoms with Crippen molar-refractivity contribution in [2.75, 3.05) is 12.3 Å². The second-order valence-electron chi connectivity index (χ2n) is 7.42. The molecule has 2 N–H and O–H groups in total. The number of nitrogen functional groups attached to an aromatic ring is 1. The average molecular weight is 376 g/mol. The molecule has 2 heterocycles. The van der Waals surface area contributed by atoms with Crippen molar-refractivity contribution in [1.29, 1.82) is 0 Å². The lowest BCUT2D eigenvalue weighted by atomic mass is 9.79. The average Bonchev–Trinajstić information content (AvgIpc) is 3.07. The molecule has 1 saturated heterocycles. The number of nitrogens with two attached hydrogens (primary N) is 1. The van der Waals surface area contributed by atoms with Crippen LogP contribution in [0, 0.1) is 11.8 Å². The molecule has 0 aromatic carbocycles. The SMILES string of the molecule is CCOC(=O)c1c(N)sc2c1C[C@H]1C(=O)N(C3CCCCC3)C(=O)[C@@H]1C2. The molecule has 3 aliphatic rings. The fraction of sp³-hybridized carbons (Fsp3) is 0.632. The Balaban J connectivity index is 1.63. The maximum atomic E-state index is 13.0. The molecule has 0 bridgehead atoms. The van der Waals surface area contributed by atoms with Gasteiger partial charge in [-0.15, -0.1) is 11.3 Å². The van der Waals surface area contributed by atoms with E-state index in [0.717, 1.165) is 36.1 Å². The number of imide groups is 1. The molecule has 0 radical (unpaired) electrons. The van der Waals surface area contributed by atoms with Gasteiger partial charge in [0.25, 0.3) is 0 Å². The van der Waals surface area contributed by atoms with Crippen molar-refractivity contribution < 1.29 is 19.1 Å². The Hall–Kier alpha value is -1.89. The largest absolute Gasteiger partial charge is 0.462 e. The molecule has 4 rings (SSSR count). The van der Waals surface area contributed by atoms with Crippen LogP contribution in [0.3, 0.4) is 0 Å². The quantitative estimate of drug-likeness (QED) is 0.647. The third-order valence-corrected chi connectivity index (χ3v) is 7.05. The van der Waals surface area contributed by atoms with Crippen molar-refractivity contribution in [3.05, 3.63) is 16.0 Å². The molecule has 140 valence electrons. The number of amides is 2. The molecule has 2 amide bonds. The van der Waals surface area contributed by atoms with E-state index in [1.54, 1.807) is 11.8 Å². The number of carbonyl (C=O) groups is 3. The Kier molecular flexibility index (Phi) is 4.50. The second-order valence-corrected chi connectivity index (χ2v) is 8.56. The summed E-state index contributed by atoms with van der Waals surface area (Å²) in [7, 11) is 0. The van der Waals surface area contributed by atoms with Crippen LogP contribution in [0.15, 0.2) is 0 Å². The van der Waals surface area contributed by atoms with Gasteiger partial charge in [-0.2, -0.15) is 0 Å². The minimum Gasteiger partial charge on any atom is -0.462 e. The first-order valence-corrected chi connectivity index (χ1v) is 10.3. The van der Waals surface area contributed by atoms with Gasteiger partial charge in [0, 0.05) is 10.9 Å². The van der Waals surface area contributed by atoms with Crippen molar-refractivity contribution in [3.8, 4) is 0 Å². The van der Waals surface area contributed by atoms with E-state index in [1.165, 1.54) is 17.8 Å². The molecule has 1 aromatic heterocycles. The lowest BCUT2D eigenvalue weighted by Gasteiger charge is -2.29. The van der Waals surface area contributed by atoms with E-state index in [0.29, 0.717) is 23.4 Å². The highest BCUT2D eigenvalue weighted by molar-refractivity contribution is 7.16. The molecule has 0 spiro atoms. The Morgan fingerprint density at radius 2 is 1.81 bits per heavy atom. The van der Waals surface area contributed by atoms with Crippen molar-refractivity contribution in [2.24, 2.45) is 11.8 Å². The number of esters is 1. The molecule has 26 heavy (non-hydrogen) atoms. The lowest BCUT2D eigenvalue weighted by molar-refractivity contribution is -0.143. The van der Waals surface area contributed by atoms with Crippen LogP contribution < -0.4 is 5.73 Å². The van der Waals surface area contributed by atoms with E-state index in [9.17, 15) is 14.4 Å². The van der Waals surface area contributed by atoms with Crippen molar-refractivity contribution in [2.45, 2.75) is 57.9 Å². The number of thiophene rings is 1. The smallest absolute Gasteiger partial charge is 0.341 e. The number of rotatable bonds is 3. The van der Waals surface area contributed by atoms with Crippen LogP contribution in [-0.4, -0.2) is 35.3 Å². The summed E-state index contributed by atoms with van der Waals surface area (Å²) in [6.07, 6.45) is 6.08. The highest BCUT2D eigenvalue weighted by Gasteiger charge is 2.52. The normalized spacial score (nSPS) is 26.0. The number of hydrogen-bond donors (Lipinski definition) is 1. The van der Waals surface area contributed by atoms with Gasteiger partial charge in [0.2, 0.25) is 11.8 Å². The summed E-state index contributed by atoms with van der Waals surface area (Å²) in [6.45, 7) is 2.03. The molecule has 6 nitrogen and oxygen atoms in total. The number of anilines is 1. The zero-order chi connectivity index (χ0) is 18.4. The molecule has 1 aromatic rings. The molecule has 0 unspecified atom stereocenters. The number of ether oxygens (including phenoxy) is 1. The predicted octanol–water partition coefficient (Wildman–Crippen LogP) is 2.54. The first-order chi connectivity index (χ1) is 12.5. The number of carbonyl (C=O) groups excluding carboxylic acids is 3. The van der Waals surface area contributed by atoms with Crippen molar-refractivity contribution >= 4 is 34.1 Å². The van der Waals surface area contributed by atoms with Gasteiger partial charge in [-0.25, -0.2) is 4.79 Å². The van der Waals surface area contributed by atoms with E-state index >= 15 is 0 Å². The molecule has 2 atom stereocenters. The summed E-state index contributed by atoms with van der Waals surface area (Å²) < 4.78 is 5.13. The number of nitrogens with zero attached hydrogens (tertiary/aromatic N) is 1. The van der Waals surface area contributed by atoms with Gasteiger partial charge in [0.15, 0.2) is 0 Å². The van der Waals surface area contributed by atoms with Crippen molar-refractivity contribution in [1.82, 2.24) is 4.90 Å². The number of hydrogen-bond acceptors (Lipinski definition) is 6. The minimum atomic E-state index is -0.429. The van der Waals surface area contributed by atoms with Gasteiger partial charge in [-0.1, -0.05) is 19.3 Å². The van der Waals surface area contributed by atoms with Gasteiger partial charge >= 0.3 is 5.97 Å². The van der Waals surface area contributed by atoms with Crippen LogP contribution >= 0.6 is 11.3 Å². The first kappa shape index (κ1) is 17.5. The molecular formula is C19H24N2O4S. The van der Waals surface area contributed by atoms with Gasteiger partial charge < -0.3 is 10.5 Å². The molecule has 2 fully saturated rings. The Morgan fingerprint density at radius 1 is 1.15 bits per heavy atom. The lowest BCUT2D eigenvalue weighted by Crippen LogP contribution is -2.41. The van der Waals surface area contributed by atoms with E-state index < -0.39 is 5.97 Å². The van der Waals surface area contributed by atoms with E-state index in [2.05, 4.69) is 0 Å². The topological polar surface area (TPSA) is 89.7 Å². The fourth-order valence-corrected chi connectivity index (χ4v) is 5.87. The summed E-state index contributed by atoms with van der Waals surface area (Å²) in [4.78, 5) is 40.8. The van der Waals surface area contributed by atoms with Crippen LogP contribution in [0.1, 0.15) is 59.8 Å². The third-order valence-electron chi connectivity index (χ3n) is 5.96. The summed E-state index contributed by atoms with van der Waals surface area (Å²) in [6, 6.07) is 0.0574. The van der Waals surface area contributed by atoms with Crippen molar-refractivity contribution in [3.63, 3.8) is 0 Å². The van der Waals surface area contributed by atoms with Gasteiger partial charge in [-0.3, -0.25) is 14.5 Å². The standard InChI is InChI=1S/C19H24N2O4S/c1-2-25-19(24)15-13-8-11-12(9-14(13)26-16(15)20)18(23)21(17(11)22)10-6-4-3-5-7-10/h10-12H,2-9,20H2,1H3/t11-,12-/m1/s1. The Labute approximate surface area is 156 Å². The Morgan fingerprint density at radius 3 is 2.46 bits per heavy atom. The molecule has 1 saturated carbocycles. The summed E-state index contributed by atoms with van der Waals surface area (Å²) in [5.74, 6) is -1.18. The molecule has 1 aliphatic heterocycles. The first-order valence-electron chi connectivity index (χ1n) is 9.47. The minimum absolute atomic E-state index is 0.0257. The zero-order valence-electron chi connectivity index (χ0n) is 15.0. The van der Waals surface area contributed by atoms with Crippen LogP contribution in [0.5, 0.6) is 0 Å². The summed E-state index contributed by atoms with van der Waals surface area (Å²) in [5, 5.41) is 0.428. The Bertz CT molecular complexity index is 766. The maximum Gasteiger partial charge on any atom is 0.341 e. The monoisotopic (exact) mass is 376 g/mol. The third kappa shape index (κ3) is 2.64. The van der Waals surface area contributed by atoms with Gasteiger partial charge in [0.05, 0.1) is 24.0 Å². The highest BCUT2D eigenvalue weighted by Crippen LogP contribution is 2.45. The number of fused-ring (bicyclic) bond motifs is 2. The molecular weight excluding hydrogens is 352 g/mol. The fourth-order valence-electron chi connectivity index (χ4n) is 4.73. The number of likely N-dealkylation sites (tertiary alicyclic amines) is 1. The summed E-state index contributed by atoms with van der Waals surface area (Å²) in [5.41, 5.74) is 7.28. The van der Waals surface area contributed by atoms with Crippen LogP contribution in [0.25, 0.3) is 0 Å². The van der Waals surface area contributed by atoms with E-state index in [-0.39, 0.29) is 36.3 Å². The van der Waals surface area contributed by atoms with Gasteiger partial charge in [0.1, 0.15) is 5.00 Å². The van der Waals surface area contributed by atoms with Gasteiger partial charge in [-0.05, 0) is 38.2 Å². The molecule has 2 aliphatic carbocycles. The van der Waals surface area contributed by atoms with Crippen LogP contribution in [0.2, 0.25) is 0 Å². The maximum absolute atomic E-state index is 13.0. The zero-order valence-corrected chi connectivity index (χ0v) is 15.8. The highest BCUT2D eigenvalue weighted by atomic mass is 32.1. The van der Waals surface area contributed by atoms with E-state index in [4.69, 9.17) is 10.5 Å². The second kappa shape index (κ2) is 6.68. The van der Waals surface area contributed by atoms with Crippen LogP contribution in [0.4, 0.5) is 5.00 Å². The molecule has 7 heteroatoms. The van der Waals surface area contributed by atoms with E-state index in [1.807, 2.05) is 0 Å².